The van der Waals surface area contributed by atoms with Gasteiger partial charge in [0.2, 0.25) is 15.8 Å². The summed E-state index contributed by atoms with van der Waals surface area (Å²) in [5.74, 6) is -1.17. The van der Waals surface area contributed by atoms with Gasteiger partial charge in [0.05, 0.1) is 10.5 Å². The second kappa shape index (κ2) is 9.52. The summed E-state index contributed by atoms with van der Waals surface area (Å²) in [4.78, 5) is 25.1. The zero-order valence-corrected chi connectivity index (χ0v) is 18.4. The first-order valence-corrected chi connectivity index (χ1v) is 11.0. The molecule has 0 bridgehead atoms. The molecule has 0 N–H and O–H groups in total. The van der Waals surface area contributed by atoms with Crippen LogP contribution < -0.4 is 0 Å². The third-order valence-electron chi connectivity index (χ3n) is 4.51. The van der Waals surface area contributed by atoms with Gasteiger partial charge in [0.1, 0.15) is 0 Å². The van der Waals surface area contributed by atoms with Crippen LogP contribution in [0.25, 0.3) is 0 Å². The highest BCUT2D eigenvalue weighted by Crippen LogP contribution is 2.22. The summed E-state index contributed by atoms with van der Waals surface area (Å²) in [6, 6.07) is 10.7. The number of Topliss-reactive ketones (excluding diaryl/α,β-unsaturated/α-hetero) is 1. The minimum atomic E-state index is -3.74. The number of carbonyl (C=O) groups is 2. The van der Waals surface area contributed by atoms with Crippen molar-refractivity contribution in [3.8, 4) is 0 Å². The second-order valence-corrected chi connectivity index (χ2v) is 8.83. The van der Waals surface area contributed by atoms with Gasteiger partial charge in [0.25, 0.3) is 0 Å². The van der Waals surface area contributed by atoms with Gasteiger partial charge in [-0.1, -0.05) is 43.6 Å². The lowest BCUT2D eigenvalue weighted by Crippen LogP contribution is -2.31. The van der Waals surface area contributed by atoms with E-state index < -0.39 is 27.9 Å². The first kappa shape index (κ1) is 23.1. The first-order valence-electron chi connectivity index (χ1n) is 9.23. The Bertz CT molecular complexity index is 1020. The molecule has 1 atom stereocenters. The van der Waals surface area contributed by atoms with Crippen molar-refractivity contribution in [1.82, 2.24) is 4.31 Å². The molecule has 0 aliphatic rings. The maximum Gasteiger partial charge on any atom is 0.338 e. The van der Waals surface area contributed by atoms with Gasteiger partial charge >= 0.3 is 5.97 Å². The zero-order valence-electron chi connectivity index (χ0n) is 16.8. The van der Waals surface area contributed by atoms with Crippen LogP contribution in [0.15, 0.2) is 47.4 Å². The number of ether oxygens (including phenoxy) is 1. The maximum absolute atomic E-state index is 12.8. The zero-order chi connectivity index (χ0) is 21.8. The summed E-state index contributed by atoms with van der Waals surface area (Å²) in [7, 11) is -3.74. The lowest BCUT2D eigenvalue weighted by molar-refractivity contribution is 0.0318. The van der Waals surface area contributed by atoms with Crippen molar-refractivity contribution in [3.63, 3.8) is 0 Å². The molecule has 29 heavy (non-hydrogen) atoms. The van der Waals surface area contributed by atoms with Gasteiger partial charge in [-0.2, -0.15) is 4.31 Å². The molecule has 1 unspecified atom stereocenters. The standard InChI is InChI=1S/C21H24ClNO5S/c1-5-23(6-2)29(26,27)19-13-17(11-10-14(19)3)21(25)28-15(4)20(24)16-8-7-9-18(22)12-16/h7-13,15H,5-6H2,1-4H3. The Morgan fingerprint density at radius 1 is 1.07 bits per heavy atom. The molecule has 6 nitrogen and oxygen atoms in total. The van der Waals surface area contributed by atoms with Crippen molar-refractivity contribution in [3.05, 3.63) is 64.2 Å². The number of benzene rings is 2. The van der Waals surface area contributed by atoms with Gasteiger partial charge in [-0.05, 0) is 43.7 Å². The Balaban J connectivity index is 2.27. The number of ketones is 1. The van der Waals surface area contributed by atoms with Crippen LogP contribution in [0.1, 0.15) is 47.1 Å². The molecule has 0 saturated heterocycles. The van der Waals surface area contributed by atoms with E-state index >= 15 is 0 Å². The Kier molecular flexibility index (Phi) is 7.57. The first-order chi connectivity index (χ1) is 13.6. The topological polar surface area (TPSA) is 80.8 Å². The van der Waals surface area contributed by atoms with Crippen LogP contribution in [-0.4, -0.2) is 43.7 Å². The molecule has 0 aliphatic heterocycles. The van der Waals surface area contributed by atoms with E-state index in [0.717, 1.165) is 0 Å². The summed E-state index contributed by atoms with van der Waals surface area (Å²) in [6.45, 7) is 7.26. The van der Waals surface area contributed by atoms with Crippen molar-refractivity contribution in [1.29, 1.82) is 0 Å². The van der Waals surface area contributed by atoms with E-state index in [0.29, 0.717) is 29.2 Å². The van der Waals surface area contributed by atoms with Crippen LogP contribution in [-0.2, 0) is 14.8 Å². The fourth-order valence-electron chi connectivity index (χ4n) is 2.87. The van der Waals surface area contributed by atoms with E-state index in [4.69, 9.17) is 16.3 Å². The number of carbonyl (C=O) groups excluding carboxylic acids is 2. The quantitative estimate of drug-likeness (QED) is 0.458. The molecule has 156 valence electrons. The molecule has 0 aromatic heterocycles. The molecule has 2 rings (SSSR count). The van der Waals surface area contributed by atoms with Crippen LogP contribution in [0, 0.1) is 6.92 Å². The number of hydrogen-bond acceptors (Lipinski definition) is 5. The fraction of sp³-hybridized carbons (Fsp3) is 0.333. The SMILES string of the molecule is CCN(CC)S(=O)(=O)c1cc(C(=O)OC(C)C(=O)c2cccc(Cl)c2)ccc1C. The van der Waals surface area contributed by atoms with E-state index in [2.05, 4.69) is 0 Å². The molecule has 2 aromatic rings. The van der Waals surface area contributed by atoms with E-state index in [1.165, 1.54) is 29.4 Å². The molecule has 0 amide bonds. The fourth-order valence-corrected chi connectivity index (χ4v) is 4.77. The third kappa shape index (κ3) is 5.23. The minimum absolute atomic E-state index is 0.0458. The monoisotopic (exact) mass is 437 g/mol. The number of halogens is 1. The summed E-state index contributed by atoms with van der Waals surface area (Å²) >= 11 is 5.90. The van der Waals surface area contributed by atoms with Gasteiger partial charge in [-0.25, -0.2) is 13.2 Å². The van der Waals surface area contributed by atoms with Gasteiger partial charge in [-0.3, -0.25) is 4.79 Å². The molecular weight excluding hydrogens is 414 g/mol. The van der Waals surface area contributed by atoms with Gasteiger partial charge in [0, 0.05) is 23.7 Å². The van der Waals surface area contributed by atoms with Gasteiger partial charge in [0.15, 0.2) is 6.10 Å². The molecule has 0 radical (unpaired) electrons. The van der Waals surface area contributed by atoms with Crippen molar-refractivity contribution in [2.45, 2.75) is 38.7 Å². The Morgan fingerprint density at radius 2 is 1.72 bits per heavy atom. The van der Waals surface area contributed by atoms with Crippen molar-refractivity contribution in [2.75, 3.05) is 13.1 Å². The molecule has 0 heterocycles. The number of rotatable bonds is 8. The van der Waals surface area contributed by atoms with Crippen molar-refractivity contribution >= 4 is 33.4 Å². The predicted octanol–water partition coefficient (Wildman–Crippen LogP) is 4.11. The number of hydrogen-bond donors (Lipinski definition) is 0. The van der Waals surface area contributed by atoms with Crippen molar-refractivity contribution in [2.24, 2.45) is 0 Å². The predicted molar refractivity (Wildman–Crippen MR) is 112 cm³/mol. The smallest absolute Gasteiger partial charge is 0.338 e. The molecule has 0 aliphatic carbocycles. The summed E-state index contributed by atoms with van der Waals surface area (Å²) in [6.07, 6.45) is -1.05. The van der Waals surface area contributed by atoms with Crippen molar-refractivity contribution < 1.29 is 22.7 Å². The number of aryl methyl sites for hydroxylation is 1. The van der Waals surface area contributed by atoms with Gasteiger partial charge in [-0.15, -0.1) is 0 Å². The molecule has 2 aromatic carbocycles. The number of esters is 1. The van der Waals surface area contributed by atoms with E-state index in [1.54, 1.807) is 45.0 Å². The summed E-state index contributed by atoms with van der Waals surface area (Å²) < 4.78 is 32.3. The second-order valence-electron chi connectivity index (χ2n) is 6.49. The largest absolute Gasteiger partial charge is 0.451 e. The average Bonchev–Trinajstić information content (AvgIpc) is 2.68. The summed E-state index contributed by atoms with van der Waals surface area (Å²) in [5.41, 5.74) is 0.912. The van der Waals surface area contributed by atoms with Crippen LogP contribution in [0.2, 0.25) is 5.02 Å². The van der Waals surface area contributed by atoms with Gasteiger partial charge < -0.3 is 4.74 Å². The lowest BCUT2D eigenvalue weighted by Gasteiger charge is -2.20. The highest BCUT2D eigenvalue weighted by atomic mass is 35.5. The Labute approximate surface area is 176 Å². The normalized spacial score (nSPS) is 12.6. The maximum atomic E-state index is 12.8. The van der Waals surface area contributed by atoms with Crippen LogP contribution in [0.3, 0.4) is 0 Å². The van der Waals surface area contributed by atoms with E-state index in [-0.39, 0.29) is 10.5 Å². The highest BCUT2D eigenvalue weighted by molar-refractivity contribution is 7.89. The molecule has 0 saturated carbocycles. The molecule has 0 fully saturated rings. The third-order valence-corrected chi connectivity index (χ3v) is 6.94. The highest BCUT2D eigenvalue weighted by Gasteiger charge is 2.26. The molecule has 0 spiro atoms. The minimum Gasteiger partial charge on any atom is -0.451 e. The van der Waals surface area contributed by atoms with E-state index in [9.17, 15) is 18.0 Å². The Hall–Kier alpha value is -2.22. The van der Waals surface area contributed by atoms with E-state index in [1.807, 2.05) is 0 Å². The van der Waals surface area contributed by atoms with Crippen LogP contribution >= 0.6 is 11.6 Å². The molecule has 8 heteroatoms. The Morgan fingerprint density at radius 3 is 2.31 bits per heavy atom. The van der Waals surface area contributed by atoms with Crippen LogP contribution in [0.5, 0.6) is 0 Å². The lowest BCUT2D eigenvalue weighted by atomic mass is 10.1. The average molecular weight is 438 g/mol. The van der Waals surface area contributed by atoms with Crippen LogP contribution in [0.4, 0.5) is 0 Å². The number of sulfonamides is 1. The number of nitrogens with zero attached hydrogens (tertiary/aromatic N) is 1. The summed E-state index contributed by atoms with van der Waals surface area (Å²) in [5, 5.41) is 0.402. The molecular formula is C21H24ClNO5S.